The van der Waals surface area contributed by atoms with Gasteiger partial charge in [-0.25, -0.2) is 4.79 Å². The summed E-state index contributed by atoms with van der Waals surface area (Å²) in [5.74, 6) is -0.727. The van der Waals surface area contributed by atoms with Crippen molar-refractivity contribution in [3.8, 4) is 0 Å². The van der Waals surface area contributed by atoms with E-state index in [-0.39, 0.29) is 23.2 Å². The Hall–Kier alpha value is -2.86. The predicted octanol–water partition coefficient (Wildman–Crippen LogP) is 4.31. The molecule has 0 saturated heterocycles. The third kappa shape index (κ3) is 3.60. The summed E-state index contributed by atoms with van der Waals surface area (Å²) >= 11 is 3.47. The van der Waals surface area contributed by atoms with E-state index >= 15 is 0 Å². The summed E-state index contributed by atoms with van der Waals surface area (Å²) in [5, 5.41) is 0. The smallest absolute Gasteiger partial charge is 0.340 e. The van der Waals surface area contributed by atoms with Crippen LogP contribution in [-0.4, -0.2) is 18.9 Å². The molecule has 4 rings (SSSR count). The maximum atomic E-state index is 13.3. The molecule has 1 heterocycles. The minimum Gasteiger partial charge on any atom is -0.465 e. The van der Waals surface area contributed by atoms with E-state index < -0.39 is 11.9 Å². The maximum Gasteiger partial charge on any atom is 0.340 e. The molecule has 1 aliphatic heterocycles. The molecule has 2 aromatic rings. The molecule has 2 aromatic carbocycles. The number of allylic oxidation sites excluding steroid dienone is 2. The summed E-state index contributed by atoms with van der Waals surface area (Å²) in [6.07, 6.45) is 0.899. The number of nitrogens with two attached hydrogens (primary N) is 1. The van der Waals surface area contributed by atoms with Crippen LogP contribution < -0.4 is 5.73 Å². The zero-order valence-corrected chi connectivity index (χ0v) is 17.4. The average molecular weight is 454 g/mol. The molecule has 29 heavy (non-hydrogen) atoms. The number of Topliss-reactive ketones (excluding diaryl/α,β-unsaturated/α-hetero) is 1. The van der Waals surface area contributed by atoms with Gasteiger partial charge in [-0.1, -0.05) is 58.4 Å². The van der Waals surface area contributed by atoms with Crippen molar-refractivity contribution in [3.05, 3.63) is 93.0 Å². The van der Waals surface area contributed by atoms with Crippen molar-refractivity contribution < 1.29 is 19.1 Å². The largest absolute Gasteiger partial charge is 0.465 e. The Morgan fingerprint density at radius 3 is 2.52 bits per heavy atom. The van der Waals surface area contributed by atoms with Crippen molar-refractivity contribution in [1.29, 1.82) is 0 Å². The molecule has 0 spiro atoms. The van der Waals surface area contributed by atoms with Crippen LogP contribution in [-0.2, 0) is 19.1 Å². The number of ketones is 1. The monoisotopic (exact) mass is 453 g/mol. The summed E-state index contributed by atoms with van der Waals surface area (Å²) < 4.78 is 11.6. The maximum absolute atomic E-state index is 13.3. The van der Waals surface area contributed by atoms with Crippen LogP contribution >= 0.6 is 15.9 Å². The van der Waals surface area contributed by atoms with Gasteiger partial charge in [0.1, 0.15) is 11.3 Å². The highest BCUT2D eigenvalue weighted by molar-refractivity contribution is 9.10. The summed E-state index contributed by atoms with van der Waals surface area (Å²) in [4.78, 5) is 25.8. The molecule has 2 aliphatic rings. The van der Waals surface area contributed by atoms with Crippen LogP contribution in [0.3, 0.4) is 0 Å². The lowest BCUT2D eigenvalue weighted by Gasteiger charge is -2.35. The van der Waals surface area contributed by atoms with Gasteiger partial charge < -0.3 is 15.2 Å². The molecule has 2 N–H and O–H groups in total. The lowest BCUT2D eigenvalue weighted by atomic mass is 9.73. The molecule has 0 saturated carbocycles. The van der Waals surface area contributed by atoms with Gasteiger partial charge >= 0.3 is 5.97 Å². The topological polar surface area (TPSA) is 78.6 Å². The fourth-order valence-electron chi connectivity index (χ4n) is 4.10. The Labute approximate surface area is 177 Å². The number of ether oxygens (including phenoxy) is 2. The van der Waals surface area contributed by atoms with Gasteiger partial charge in [0.25, 0.3) is 0 Å². The van der Waals surface area contributed by atoms with Gasteiger partial charge in [0.2, 0.25) is 5.88 Å². The number of rotatable bonds is 3. The number of carbonyl (C=O) groups is 2. The highest BCUT2D eigenvalue weighted by atomic mass is 79.9. The lowest BCUT2D eigenvalue weighted by Crippen LogP contribution is -2.32. The van der Waals surface area contributed by atoms with Gasteiger partial charge in [-0.05, 0) is 29.2 Å². The molecule has 6 heteroatoms. The van der Waals surface area contributed by atoms with E-state index in [4.69, 9.17) is 15.2 Å². The highest BCUT2D eigenvalue weighted by Crippen LogP contribution is 2.47. The zero-order chi connectivity index (χ0) is 20.5. The van der Waals surface area contributed by atoms with Crippen LogP contribution in [0.25, 0.3) is 0 Å². The number of benzene rings is 2. The summed E-state index contributed by atoms with van der Waals surface area (Å²) in [5.41, 5.74) is 8.67. The van der Waals surface area contributed by atoms with Crippen molar-refractivity contribution in [2.24, 2.45) is 5.73 Å². The van der Waals surface area contributed by atoms with Gasteiger partial charge in [-0.2, -0.15) is 0 Å². The minimum absolute atomic E-state index is 0.0120. The molecule has 0 amide bonds. The SMILES string of the molecule is COC(=O)C1=C(N)OC2=C(C(=O)C[C@@H](c3ccccc3)C2)[C@@H]1c1cccc(Br)c1. The molecular weight excluding hydrogens is 434 g/mol. The first kappa shape index (κ1) is 19.5. The number of hydrogen-bond acceptors (Lipinski definition) is 5. The van der Waals surface area contributed by atoms with E-state index in [1.54, 1.807) is 0 Å². The van der Waals surface area contributed by atoms with Crippen molar-refractivity contribution >= 4 is 27.7 Å². The van der Waals surface area contributed by atoms with Crippen molar-refractivity contribution in [3.63, 3.8) is 0 Å². The number of esters is 1. The normalized spacial score (nSPS) is 21.5. The molecule has 2 atom stereocenters. The van der Waals surface area contributed by atoms with E-state index in [2.05, 4.69) is 15.9 Å². The summed E-state index contributed by atoms with van der Waals surface area (Å²) in [6.45, 7) is 0. The first-order chi connectivity index (χ1) is 14.0. The Morgan fingerprint density at radius 2 is 1.83 bits per heavy atom. The van der Waals surface area contributed by atoms with Gasteiger partial charge in [-0.3, -0.25) is 4.79 Å². The lowest BCUT2D eigenvalue weighted by molar-refractivity contribution is -0.136. The summed E-state index contributed by atoms with van der Waals surface area (Å²) in [6, 6.07) is 17.4. The fraction of sp³-hybridized carbons (Fsp3) is 0.217. The minimum atomic E-state index is -0.618. The van der Waals surface area contributed by atoms with Crippen LogP contribution in [0.2, 0.25) is 0 Å². The number of hydrogen-bond donors (Lipinski definition) is 1. The Kier molecular flexibility index (Phi) is 5.28. The molecule has 148 valence electrons. The Balaban J connectivity index is 1.82. The highest BCUT2D eigenvalue weighted by Gasteiger charge is 2.43. The number of methoxy groups -OCH3 is 1. The van der Waals surface area contributed by atoms with Crippen LogP contribution in [0, 0.1) is 0 Å². The molecular formula is C23H20BrNO4. The zero-order valence-electron chi connectivity index (χ0n) is 15.9. The van der Waals surface area contributed by atoms with Crippen molar-refractivity contribution in [2.75, 3.05) is 7.11 Å². The van der Waals surface area contributed by atoms with Gasteiger partial charge in [0.05, 0.1) is 13.0 Å². The molecule has 1 aliphatic carbocycles. The van der Waals surface area contributed by atoms with E-state index in [1.165, 1.54) is 7.11 Å². The second-order valence-electron chi connectivity index (χ2n) is 7.14. The van der Waals surface area contributed by atoms with E-state index in [0.717, 1.165) is 15.6 Å². The molecule has 0 aromatic heterocycles. The third-order valence-corrected chi connectivity index (χ3v) is 5.89. The van der Waals surface area contributed by atoms with Crippen LogP contribution in [0.5, 0.6) is 0 Å². The average Bonchev–Trinajstić information content (AvgIpc) is 2.72. The first-order valence-corrected chi connectivity index (χ1v) is 10.1. The standard InChI is InChI=1S/C23H20BrNO4/c1-28-23(27)21-19(14-8-5-9-16(24)10-14)20-17(26)11-15(12-18(20)29-22(21)25)13-6-3-2-4-7-13/h2-10,15,19H,11-12,25H2,1H3/t15-,19+/m1/s1. The van der Waals surface area contributed by atoms with Gasteiger partial charge in [-0.15, -0.1) is 0 Å². The predicted molar refractivity (Wildman–Crippen MR) is 112 cm³/mol. The van der Waals surface area contributed by atoms with E-state index in [1.807, 2.05) is 54.6 Å². The van der Waals surface area contributed by atoms with Gasteiger partial charge in [0, 0.05) is 22.9 Å². The number of carbonyl (C=O) groups excluding carboxylic acids is 2. The van der Waals surface area contributed by atoms with Gasteiger partial charge in [0.15, 0.2) is 5.78 Å². The molecule has 0 unspecified atom stereocenters. The molecule has 0 radical (unpaired) electrons. The molecule has 5 nitrogen and oxygen atoms in total. The number of halogens is 1. The second kappa shape index (κ2) is 7.87. The van der Waals surface area contributed by atoms with E-state index in [9.17, 15) is 9.59 Å². The molecule has 0 fully saturated rings. The van der Waals surface area contributed by atoms with Crippen LogP contribution in [0.1, 0.15) is 35.8 Å². The first-order valence-electron chi connectivity index (χ1n) is 9.32. The van der Waals surface area contributed by atoms with Crippen LogP contribution in [0.15, 0.2) is 81.9 Å². The quantitative estimate of drug-likeness (QED) is 0.700. The second-order valence-corrected chi connectivity index (χ2v) is 8.05. The van der Waals surface area contributed by atoms with E-state index in [0.29, 0.717) is 24.2 Å². The Bertz CT molecular complexity index is 1040. The van der Waals surface area contributed by atoms with Crippen LogP contribution in [0.4, 0.5) is 0 Å². The fourth-order valence-corrected chi connectivity index (χ4v) is 4.51. The third-order valence-electron chi connectivity index (χ3n) is 5.40. The van der Waals surface area contributed by atoms with Crippen molar-refractivity contribution in [2.45, 2.75) is 24.7 Å². The molecule has 0 bridgehead atoms. The van der Waals surface area contributed by atoms with Crippen molar-refractivity contribution in [1.82, 2.24) is 0 Å². The Morgan fingerprint density at radius 1 is 1.10 bits per heavy atom. The summed E-state index contributed by atoms with van der Waals surface area (Å²) in [7, 11) is 1.29.